The van der Waals surface area contributed by atoms with E-state index < -0.39 is 0 Å². The van der Waals surface area contributed by atoms with Crippen LogP contribution < -0.4 is 0 Å². The Kier molecular flexibility index (Phi) is 4.86. The Hall–Kier alpha value is -3.16. The SMILES string of the molecule is O=C(Cc1ccc(F)cc1)N1CCCC(c2noc(-c3cnccn3)n2)C1. The van der Waals surface area contributed by atoms with Crippen LogP contribution in [-0.4, -0.2) is 44.0 Å². The molecule has 1 unspecified atom stereocenters. The highest BCUT2D eigenvalue weighted by atomic mass is 19.1. The van der Waals surface area contributed by atoms with Crippen molar-refractivity contribution in [3.63, 3.8) is 0 Å². The number of hydrogen-bond donors (Lipinski definition) is 0. The number of amides is 1. The van der Waals surface area contributed by atoms with E-state index in [2.05, 4.69) is 20.1 Å². The molecule has 0 N–H and O–H groups in total. The second-order valence-electron chi connectivity index (χ2n) is 6.53. The minimum absolute atomic E-state index is 0.0175. The fourth-order valence-electron chi connectivity index (χ4n) is 3.22. The van der Waals surface area contributed by atoms with Gasteiger partial charge < -0.3 is 9.42 Å². The largest absolute Gasteiger partial charge is 0.342 e. The van der Waals surface area contributed by atoms with Crippen LogP contribution in [0.5, 0.6) is 0 Å². The average molecular weight is 367 g/mol. The summed E-state index contributed by atoms with van der Waals surface area (Å²) in [5.74, 6) is 0.636. The monoisotopic (exact) mass is 367 g/mol. The van der Waals surface area contributed by atoms with E-state index >= 15 is 0 Å². The number of halogens is 1. The van der Waals surface area contributed by atoms with Crippen molar-refractivity contribution in [3.8, 4) is 11.6 Å². The standard InChI is InChI=1S/C19H18FN5O2/c20-15-5-3-13(4-6-15)10-17(26)25-9-1-2-14(12-25)18-23-19(27-24-18)16-11-21-7-8-22-16/h3-8,11,14H,1-2,9-10,12H2. The van der Waals surface area contributed by atoms with Gasteiger partial charge in [-0.15, -0.1) is 0 Å². The van der Waals surface area contributed by atoms with E-state index in [-0.39, 0.29) is 24.1 Å². The molecule has 1 saturated heterocycles. The summed E-state index contributed by atoms with van der Waals surface area (Å²) in [6.45, 7) is 1.24. The number of carbonyl (C=O) groups excluding carboxylic acids is 1. The van der Waals surface area contributed by atoms with Gasteiger partial charge in [-0.1, -0.05) is 17.3 Å². The molecule has 8 heteroatoms. The van der Waals surface area contributed by atoms with Crippen LogP contribution in [-0.2, 0) is 11.2 Å². The maximum absolute atomic E-state index is 13.0. The summed E-state index contributed by atoms with van der Waals surface area (Å²) in [4.78, 5) is 27.0. The molecule has 27 heavy (non-hydrogen) atoms. The highest BCUT2D eigenvalue weighted by Gasteiger charge is 2.28. The van der Waals surface area contributed by atoms with Gasteiger partial charge in [0.15, 0.2) is 5.82 Å². The normalized spacial score (nSPS) is 17.1. The van der Waals surface area contributed by atoms with E-state index in [1.54, 1.807) is 30.7 Å². The summed E-state index contributed by atoms with van der Waals surface area (Å²) in [5, 5.41) is 4.07. The fourth-order valence-corrected chi connectivity index (χ4v) is 3.22. The van der Waals surface area contributed by atoms with Crippen molar-refractivity contribution in [1.29, 1.82) is 0 Å². The van der Waals surface area contributed by atoms with Crippen LogP contribution in [0.15, 0.2) is 47.4 Å². The zero-order chi connectivity index (χ0) is 18.6. The molecule has 1 amide bonds. The third-order valence-electron chi connectivity index (χ3n) is 4.63. The summed E-state index contributed by atoms with van der Waals surface area (Å²) < 4.78 is 18.3. The number of likely N-dealkylation sites (tertiary alicyclic amines) is 1. The highest BCUT2D eigenvalue weighted by Crippen LogP contribution is 2.27. The third-order valence-corrected chi connectivity index (χ3v) is 4.63. The van der Waals surface area contributed by atoms with Gasteiger partial charge in [0.25, 0.3) is 5.89 Å². The molecule has 3 heterocycles. The molecule has 0 spiro atoms. The van der Waals surface area contributed by atoms with Crippen molar-refractivity contribution in [3.05, 3.63) is 60.1 Å². The predicted octanol–water partition coefficient (Wildman–Crippen LogP) is 2.61. The number of benzene rings is 1. The van der Waals surface area contributed by atoms with Gasteiger partial charge in [-0.25, -0.2) is 9.37 Å². The smallest absolute Gasteiger partial charge is 0.278 e. The molecular formula is C19H18FN5O2. The van der Waals surface area contributed by atoms with Crippen LogP contribution in [0.2, 0.25) is 0 Å². The first-order chi connectivity index (χ1) is 13.2. The molecule has 1 aromatic carbocycles. The zero-order valence-corrected chi connectivity index (χ0v) is 14.6. The van der Waals surface area contributed by atoms with Crippen molar-refractivity contribution in [2.45, 2.75) is 25.2 Å². The lowest BCUT2D eigenvalue weighted by Gasteiger charge is -2.31. The maximum atomic E-state index is 13.0. The Morgan fingerprint density at radius 1 is 1.26 bits per heavy atom. The lowest BCUT2D eigenvalue weighted by molar-refractivity contribution is -0.131. The van der Waals surface area contributed by atoms with E-state index in [9.17, 15) is 9.18 Å². The highest BCUT2D eigenvalue weighted by molar-refractivity contribution is 5.79. The molecule has 1 aliphatic rings. The summed E-state index contributed by atoms with van der Waals surface area (Å²) in [7, 11) is 0. The van der Waals surface area contributed by atoms with Crippen molar-refractivity contribution >= 4 is 5.91 Å². The van der Waals surface area contributed by atoms with Crippen molar-refractivity contribution in [2.24, 2.45) is 0 Å². The summed E-state index contributed by atoms with van der Waals surface area (Å²) in [6, 6.07) is 6.02. The molecule has 1 fully saturated rings. The van der Waals surface area contributed by atoms with Gasteiger partial charge >= 0.3 is 0 Å². The van der Waals surface area contributed by atoms with Gasteiger partial charge in [0.05, 0.1) is 12.6 Å². The second kappa shape index (κ2) is 7.61. The van der Waals surface area contributed by atoms with E-state index in [0.29, 0.717) is 30.5 Å². The second-order valence-corrected chi connectivity index (χ2v) is 6.53. The lowest BCUT2D eigenvalue weighted by atomic mass is 9.96. The molecule has 138 valence electrons. The molecule has 4 rings (SSSR count). The van der Waals surface area contributed by atoms with Crippen LogP contribution in [0.3, 0.4) is 0 Å². The molecule has 7 nitrogen and oxygen atoms in total. The van der Waals surface area contributed by atoms with E-state index in [0.717, 1.165) is 18.4 Å². The maximum Gasteiger partial charge on any atom is 0.278 e. The number of rotatable bonds is 4. The fraction of sp³-hybridized carbons (Fsp3) is 0.316. The molecule has 0 saturated carbocycles. The van der Waals surface area contributed by atoms with Gasteiger partial charge in [-0.2, -0.15) is 4.98 Å². The van der Waals surface area contributed by atoms with Gasteiger partial charge in [0.1, 0.15) is 11.5 Å². The third kappa shape index (κ3) is 3.99. The number of hydrogen-bond acceptors (Lipinski definition) is 6. The van der Waals surface area contributed by atoms with Crippen LogP contribution in [0.25, 0.3) is 11.6 Å². The molecule has 2 aromatic heterocycles. The summed E-state index contributed by atoms with van der Waals surface area (Å²) in [5.41, 5.74) is 1.32. The average Bonchev–Trinajstić information content (AvgIpc) is 3.21. The van der Waals surface area contributed by atoms with Crippen LogP contribution in [0, 0.1) is 5.82 Å². The number of piperidine rings is 1. The van der Waals surface area contributed by atoms with E-state index in [4.69, 9.17) is 4.52 Å². The zero-order valence-electron chi connectivity index (χ0n) is 14.6. The Morgan fingerprint density at radius 2 is 2.11 bits per heavy atom. The summed E-state index contributed by atoms with van der Waals surface area (Å²) in [6.07, 6.45) is 6.72. The van der Waals surface area contributed by atoms with Crippen LogP contribution >= 0.6 is 0 Å². The van der Waals surface area contributed by atoms with Crippen LogP contribution in [0.1, 0.15) is 30.1 Å². The molecule has 0 radical (unpaired) electrons. The Morgan fingerprint density at radius 3 is 2.89 bits per heavy atom. The van der Waals surface area contributed by atoms with Gasteiger partial charge in [-0.05, 0) is 30.5 Å². The minimum atomic E-state index is -0.305. The molecule has 0 aliphatic carbocycles. The first kappa shape index (κ1) is 17.3. The molecule has 3 aromatic rings. The van der Waals surface area contributed by atoms with Crippen LogP contribution in [0.4, 0.5) is 4.39 Å². The van der Waals surface area contributed by atoms with Gasteiger partial charge in [0, 0.05) is 31.4 Å². The predicted molar refractivity (Wildman–Crippen MR) is 94.0 cm³/mol. The van der Waals surface area contributed by atoms with Crippen molar-refractivity contribution in [1.82, 2.24) is 25.0 Å². The number of aromatic nitrogens is 4. The first-order valence-electron chi connectivity index (χ1n) is 8.81. The lowest BCUT2D eigenvalue weighted by Crippen LogP contribution is -2.40. The number of nitrogens with zero attached hydrogens (tertiary/aromatic N) is 5. The first-order valence-corrected chi connectivity index (χ1v) is 8.81. The Bertz CT molecular complexity index is 913. The molecular weight excluding hydrogens is 349 g/mol. The van der Waals surface area contributed by atoms with Crippen molar-refractivity contribution < 1.29 is 13.7 Å². The Labute approximate surface area is 155 Å². The molecule has 1 atom stereocenters. The Balaban J connectivity index is 1.43. The van der Waals surface area contributed by atoms with Gasteiger partial charge in [0.2, 0.25) is 5.91 Å². The number of carbonyl (C=O) groups is 1. The molecule has 1 aliphatic heterocycles. The topological polar surface area (TPSA) is 85.0 Å². The molecule has 0 bridgehead atoms. The van der Waals surface area contributed by atoms with Crippen molar-refractivity contribution in [2.75, 3.05) is 13.1 Å². The quantitative estimate of drug-likeness (QED) is 0.705. The summed E-state index contributed by atoms with van der Waals surface area (Å²) >= 11 is 0. The minimum Gasteiger partial charge on any atom is -0.342 e. The van der Waals surface area contributed by atoms with Gasteiger partial charge in [-0.3, -0.25) is 9.78 Å². The van der Waals surface area contributed by atoms with E-state index in [1.165, 1.54) is 12.1 Å². The van der Waals surface area contributed by atoms with E-state index in [1.807, 2.05) is 4.90 Å².